The Balaban J connectivity index is 1.60. The molecule has 0 aliphatic carbocycles. The number of anilines is 2. The van der Waals surface area contributed by atoms with Crippen LogP contribution in [0.1, 0.15) is 10.4 Å². The van der Waals surface area contributed by atoms with Gasteiger partial charge < -0.3 is 20.1 Å². The third kappa shape index (κ3) is 6.56. The molecule has 0 heterocycles. The first-order valence-corrected chi connectivity index (χ1v) is 11.1. The summed E-state index contributed by atoms with van der Waals surface area (Å²) in [6.07, 6.45) is 0. The van der Waals surface area contributed by atoms with Gasteiger partial charge in [0, 0.05) is 39.5 Å². The summed E-state index contributed by atoms with van der Waals surface area (Å²) in [6, 6.07) is 17.0. The average Bonchev–Trinajstić information content (AvgIpc) is 2.77. The molecular formula is C23H20Cl2N2O4S. The fourth-order valence-corrected chi connectivity index (χ4v) is 4.01. The van der Waals surface area contributed by atoms with Crippen molar-refractivity contribution in [3.8, 4) is 11.5 Å². The fourth-order valence-electron chi connectivity index (χ4n) is 2.76. The van der Waals surface area contributed by atoms with E-state index >= 15 is 0 Å². The zero-order chi connectivity index (χ0) is 23.1. The number of rotatable bonds is 8. The van der Waals surface area contributed by atoms with Gasteiger partial charge in [0.05, 0.1) is 30.6 Å². The van der Waals surface area contributed by atoms with E-state index in [1.165, 1.54) is 17.8 Å². The van der Waals surface area contributed by atoms with Gasteiger partial charge >= 0.3 is 0 Å². The first-order chi connectivity index (χ1) is 15.4. The van der Waals surface area contributed by atoms with E-state index in [1.807, 2.05) is 6.07 Å². The Hall–Kier alpha value is -2.87. The highest BCUT2D eigenvalue weighted by molar-refractivity contribution is 8.00. The SMILES string of the molecule is COc1cc(NC(=O)CSc2cccc(NC(=O)c3ccc(Cl)cc3Cl)c2)cc(OC)c1. The summed E-state index contributed by atoms with van der Waals surface area (Å²) in [5, 5.41) is 6.35. The van der Waals surface area contributed by atoms with Gasteiger partial charge in [0.2, 0.25) is 5.91 Å². The number of benzene rings is 3. The molecule has 6 nitrogen and oxygen atoms in total. The molecule has 2 amide bonds. The van der Waals surface area contributed by atoms with Crippen LogP contribution in [0.15, 0.2) is 65.6 Å². The Morgan fingerprint density at radius 3 is 2.25 bits per heavy atom. The van der Waals surface area contributed by atoms with E-state index in [1.54, 1.807) is 62.8 Å². The minimum Gasteiger partial charge on any atom is -0.497 e. The molecule has 0 aliphatic heterocycles. The molecule has 9 heteroatoms. The quantitative estimate of drug-likeness (QED) is 0.379. The Kier molecular flexibility index (Phi) is 8.27. The summed E-state index contributed by atoms with van der Waals surface area (Å²) in [4.78, 5) is 25.7. The van der Waals surface area contributed by atoms with Crippen molar-refractivity contribution in [3.05, 3.63) is 76.3 Å². The van der Waals surface area contributed by atoms with Gasteiger partial charge in [-0.25, -0.2) is 0 Å². The van der Waals surface area contributed by atoms with E-state index in [2.05, 4.69) is 10.6 Å². The van der Waals surface area contributed by atoms with Gasteiger partial charge in [0.1, 0.15) is 11.5 Å². The van der Waals surface area contributed by atoms with E-state index in [4.69, 9.17) is 32.7 Å². The van der Waals surface area contributed by atoms with Gasteiger partial charge in [-0.2, -0.15) is 0 Å². The minimum absolute atomic E-state index is 0.180. The molecule has 0 spiro atoms. The monoisotopic (exact) mass is 490 g/mol. The van der Waals surface area contributed by atoms with Crippen LogP contribution in [0.2, 0.25) is 10.0 Å². The molecule has 2 N–H and O–H groups in total. The van der Waals surface area contributed by atoms with Crippen LogP contribution in [-0.2, 0) is 4.79 Å². The maximum atomic E-state index is 12.5. The van der Waals surface area contributed by atoms with Crippen molar-refractivity contribution in [2.45, 2.75) is 4.90 Å². The molecule has 0 saturated carbocycles. The number of halogens is 2. The molecule has 166 valence electrons. The number of methoxy groups -OCH3 is 2. The van der Waals surface area contributed by atoms with Gasteiger partial charge in [-0.05, 0) is 36.4 Å². The zero-order valence-electron chi connectivity index (χ0n) is 17.3. The predicted molar refractivity (Wildman–Crippen MR) is 130 cm³/mol. The molecule has 3 aromatic carbocycles. The van der Waals surface area contributed by atoms with Crippen molar-refractivity contribution in [1.82, 2.24) is 0 Å². The summed E-state index contributed by atoms with van der Waals surface area (Å²) < 4.78 is 10.4. The Labute approximate surface area is 200 Å². The summed E-state index contributed by atoms with van der Waals surface area (Å²) in [5.74, 6) is 0.805. The van der Waals surface area contributed by atoms with Crippen LogP contribution < -0.4 is 20.1 Å². The van der Waals surface area contributed by atoms with Crippen LogP contribution in [-0.4, -0.2) is 31.8 Å². The number of thioether (sulfide) groups is 1. The molecule has 0 bridgehead atoms. The van der Waals surface area contributed by atoms with E-state index in [9.17, 15) is 9.59 Å². The van der Waals surface area contributed by atoms with Crippen molar-refractivity contribution in [2.24, 2.45) is 0 Å². The smallest absolute Gasteiger partial charge is 0.257 e. The standard InChI is InChI=1S/C23H20Cl2N2O4S/c1-30-17-9-16(10-18(12-17)31-2)26-22(28)13-32-19-5-3-4-15(11-19)27-23(29)20-7-6-14(24)8-21(20)25/h3-12H,13H2,1-2H3,(H,26,28)(H,27,29). The van der Waals surface area contributed by atoms with Crippen LogP contribution in [0.5, 0.6) is 11.5 Å². The van der Waals surface area contributed by atoms with Crippen molar-refractivity contribution < 1.29 is 19.1 Å². The van der Waals surface area contributed by atoms with Crippen LogP contribution in [0.3, 0.4) is 0 Å². The number of amides is 2. The van der Waals surface area contributed by atoms with Gasteiger partial charge in [-0.3, -0.25) is 9.59 Å². The molecule has 32 heavy (non-hydrogen) atoms. The van der Waals surface area contributed by atoms with Gasteiger partial charge in [-0.1, -0.05) is 29.3 Å². The van der Waals surface area contributed by atoms with E-state index < -0.39 is 0 Å². The number of carbonyl (C=O) groups is 2. The van der Waals surface area contributed by atoms with Crippen molar-refractivity contribution in [3.63, 3.8) is 0 Å². The molecule has 0 fully saturated rings. The highest BCUT2D eigenvalue weighted by Gasteiger charge is 2.12. The molecule has 0 radical (unpaired) electrons. The largest absolute Gasteiger partial charge is 0.497 e. The van der Waals surface area contributed by atoms with E-state index in [-0.39, 0.29) is 22.6 Å². The Morgan fingerprint density at radius 2 is 1.59 bits per heavy atom. The molecule has 0 atom stereocenters. The summed E-state index contributed by atoms with van der Waals surface area (Å²) >= 11 is 13.3. The first kappa shape index (κ1) is 23.8. The number of nitrogens with one attached hydrogen (secondary N) is 2. The summed E-state index contributed by atoms with van der Waals surface area (Å²) in [6.45, 7) is 0. The molecule has 0 saturated heterocycles. The van der Waals surface area contributed by atoms with Crippen molar-refractivity contribution in [1.29, 1.82) is 0 Å². The summed E-state index contributed by atoms with van der Waals surface area (Å²) in [5.41, 5.74) is 1.49. The lowest BCUT2D eigenvalue weighted by atomic mass is 10.2. The van der Waals surface area contributed by atoms with Gasteiger partial charge in [0.15, 0.2) is 0 Å². The minimum atomic E-state index is -0.349. The average molecular weight is 491 g/mol. The molecule has 3 aromatic rings. The van der Waals surface area contributed by atoms with Crippen molar-refractivity contribution >= 4 is 58.2 Å². The molecular weight excluding hydrogens is 471 g/mol. The Morgan fingerprint density at radius 1 is 0.875 bits per heavy atom. The number of hydrogen-bond acceptors (Lipinski definition) is 5. The molecule has 0 unspecified atom stereocenters. The van der Waals surface area contributed by atoms with Gasteiger partial charge in [0.25, 0.3) is 5.91 Å². The van der Waals surface area contributed by atoms with Crippen LogP contribution in [0.25, 0.3) is 0 Å². The number of ether oxygens (including phenoxy) is 2. The third-order valence-corrected chi connectivity index (χ3v) is 5.81. The fraction of sp³-hybridized carbons (Fsp3) is 0.130. The highest BCUT2D eigenvalue weighted by Crippen LogP contribution is 2.27. The van der Waals surface area contributed by atoms with Crippen LogP contribution in [0.4, 0.5) is 11.4 Å². The lowest BCUT2D eigenvalue weighted by molar-refractivity contribution is -0.113. The second kappa shape index (κ2) is 11.1. The first-order valence-electron chi connectivity index (χ1n) is 9.40. The van der Waals surface area contributed by atoms with Crippen molar-refractivity contribution in [2.75, 3.05) is 30.6 Å². The third-order valence-electron chi connectivity index (χ3n) is 4.27. The van der Waals surface area contributed by atoms with E-state index in [0.29, 0.717) is 33.5 Å². The lowest BCUT2D eigenvalue weighted by Crippen LogP contribution is -2.14. The molecule has 0 aromatic heterocycles. The second-order valence-electron chi connectivity index (χ2n) is 6.54. The van der Waals surface area contributed by atoms with Crippen LogP contribution >= 0.6 is 35.0 Å². The highest BCUT2D eigenvalue weighted by atomic mass is 35.5. The summed E-state index contributed by atoms with van der Waals surface area (Å²) in [7, 11) is 3.09. The number of hydrogen-bond donors (Lipinski definition) is 2. The maximum absolute atomic E-state index is 12.5. The normalized spacial score (nSPS) is 10.4. The van der Waals surface area contributed by atoms with E-state index in [0.717, 1.165) is 4.90 Å². The maximum Gasteiger partial charge on any atom is 0.257 e. The lowest BCUT2D eigenvalue weighted by Gasteiger charge is -2.10. The molecule has 0 aliphatic rings. The zero-order valence-corrected chi connectivity index (χ0v) is 19.6. The number of carbonyl (C=O) groups excluding carboxylic acids is 2. The molecule has 3 rings (SSSR count). The second-order valence-corrected chi connectivity index (χ2v) is 8.44. The van der Waals surface area contributed by atoms with Crippen LogP contribution in [0, 0.1) is 0 Å². The Bertz CT molecular complexity index is 1120. The predicted octanol–water partition coefficient (Wildman–Crippen LogP) is 5.99. The van der Waals surface area contributed by atoms with Gasteiger partial charge in [-0.15, -0.1) is 11.8 Å². The topological polar surface area (TPSA) is 76.7 Å².